The number of hydrogen-bond donors (Lipinski definition) is 0. The van der Waals surface area contributed by atoms with E-state index in [4.69, 9.17) is 0 Å². The van der Waals surface area contributed by atoms with E-state index in [1.807, 2.05) is 0 Å². The van der Waals surface area contributed by atoms with E-state index < -0.39 is 0 Å². The minimum Gasteiger partial charge on any atom is -0.103 e. The van der Waals surface area contributed by atoms with Gasteiger partial charge in [0.15, 0.2) is 0 Å². The smallest absolute Gasteiger partial charge is 0.00991 e. The Morgan fingerprint density at radius 3 is 1.86 bits per heavy atom. The molecular weight excluding hydrogens is 336 g/mol. The van der Waals surface area contributed by atoms with E-state index in [-0.39, 0.29) is 0 Å². The molecule has 0 aromatic heterocycles. The third-order valence-electron chi connectivity index (χ3n) is 7.96. The molecule has 0 aliphatic heterocycles. The largest absolute Gasteiger partial charge is 0.103 e. The van der Waals surface area contributed by atoms with Gasteiger partial charge in [-0.3, -0.25) is 0 Å². The van der Waals surface area contributed by atoms with Gasteiger partial charge in [0.1, 0.15) is 0 Å². The second kappa shape index (κ2) is 11.2. The van der Waals surface area contributed by atoms with Crippen molar-refractivity contribution in [3.8, 4) is 0 Å². The van der Waals surface area contributed by atoms with E-state index in [2.05, 4.69) is 50.8 Å². The zero-order valence-electron chi connectivity index (χ0n) is 18.7. The highest BCUT2D eigenvalue weighted by atomic mass is 14.3. The molecule has 156 valence electrons. The van der Waals surface area contributed by atoms with Crippen molar-refractivity contribution in [3.05, 3.63) is 48.0 Å². The van der Waals surface area contributed by atoms with E-state index in [9.17, 15) is 0 Å². The van der Waals surface area contributed by atoms with Crippen LogP contribution in [0.2, 0.25) is 0 Å². The summed E-state index contributed by atoms with van der Waals surface area (Å²) in [7, 11) is 0. The highest BCUT2D eigenvalue weighted by Gasteiger charge is 2.28. The maximum Gasteiger partial charge on any atom is -0.00991 e. The van der Waals surface area contributed by atoms with Crippen molar-refractivity contribution >= 4 is 0 Å². The standard InChI is InChI=1S/C28H44/c1-4-7-22-10-14-24(15-11-22)25-18-20-27(21-19-25)28(9-6-3)26-16-12-23(8-5-2)13-17-26/h6,18-24,26,28H,3-5,7-17H2,1-2H3/t22-,23-,24-,26-,28?. The summed E-state index contributed by atoms with van der Waals surface area (Å²) in [6.07, 6.45) is 20.3. The summed E-state index contributed by atoms with van der Waals surface area (Å²) in [5, 5.41) is 0. The molecule has 0 radical (unpaired) electrons. The molecule has 2 saturated carbocycles. The van der Waals surface area contributed by atoms with Gasteiger partial charge in [-0.2, -0.15) is 0 Å². The maximum atomic E-state index is 4.08. The summed E-state index contributed by atoms with van der Waals surface area (Å²) in [6.45, 7) is 8.75. The summed E-state index contributed by atoms with van der Waals surface area (Å²) < 4.78 is 0. The molecule has 28 heavy (non-hydrogen) atoms. The Hall–Kier alpha value is -1.04. The molecule has 1 aromatic rings. The van der Waals surface area contributed by atoms with Crippen LogP contribution in [-0.2, 0) is 0 Å². The molecule has 0 N–H and O–H groups in total. The molecule has 0 bridgehead atoms. The van der Waals surface area contributed by atoms with Gasteiger partial charge in [-0.25, -0.2) is 0 Å². The van der Waals surface area contributed by atoms with Gasteiger partial charge in [0.05, 0.1) is 0 Å². The van der Waals surface area contributed by atoms with Crippen LogP contribution in [0.1, 0.15) is 120 Å². The minimum absolute atomic E-state index is 0.689. The van der Waals surface area contributed by atoms with E-state index in [0.717, 1.165) is 30.1 Å². The number of hydrogen-bond acceptors (Lipinski definition) is 0. The van der Waals surface area contributed by atoms with E-state index in [1.54, 1.807) is 11.1 Å². The summed E-state index contributed by atoms with van der Waals surface area (Å²) in [4.78, 5) is 0. The fraction of sp³-hybridized carbons (Fsp3) is 0.714. The fourth-order valence-corrected chi connectivity index (χ4v) is 6.28. The molecule has 0 spiro atoms. The van der Waals surface area contributed by atoms with Crippen molar-refractivity contribution < 1.29 is 0 Å². The first kappa shape index (κ1) is 21.7. The number of benzene rings is 1. The molecule has 0 saturated heterocycles. The van der Waals surface area contributed by atoms with Gasteiger partial charge in [-0.05, 0) is 85.7 Å². The lowest BCUT2D eigenvalue weighted by molar-refractivity contribution is 0.232. The Labute approximate surface area is 175 Å². The molecule has 1 aromatic carbocycles. The number of allylic oxidation sites excluding steroid dienone is 1. The van der Waals surface area contributed by atoms with E-state index in [1.165, 1.54) is 77.0 Å². The van der Waals surface area contributed by atoms with Gasteiger partial charge in [-0.15, -0.1) is 6.58 Å². The Balaban J connectivity index is 1.59. The summed E-state index contributed by atoms with van der Waals surface area (Å²) >= 11 is 0. The van der Waals surface area contributed by atoms with Crippen LogP contribution in [0, 0.1) is 17.8 Å². The number of rotatable bonds is 9. The monoisotopic (exact) mass is 380 g/mol. The molecule has 0 nitrogen and oxygen atoms in total. The normalized spacial score (nSPS) is 29.4. The average molecular weight is 381 g/mol. The van der Waals surface area contributed by atoms with Crippen LogP contribution in [0.25, 0.3) is 0 Å². The van der Waals surface area contributed by atoms with Crippen LogP contribution in [0.3, 0.4) is 0 Å². The summed E-state index contributed by atoms with van der Waals surface area (Å²) in [5.41, 5.74) is 3.17. The lowest BCUT2D eigenvalue weighted by Gasteiger charge is -2.34. The molecule has 2 aliphatic carbocycles. The Morgan fingerprint density at radius 2 is 1.36 bits per heavy atom. The lowest BCUT2D eigenvalue weighted by atomic mass is 9.71. The van der Waals surface area contributed by atoms with Crippen LogP contribution in [0.4, 0.5) is 0 Å². The molecule has 2 aliphatic rings. The Morgan fingerprint density at radius 1 is 0.821 bits per heavy atom. The van der Waals surface area contributed by atoms with E-state index >= 15 is 0 Å². The molecule has 1 atom stereocenters. The first-order valence-corrected chi connectivity index (χ1v) is 12.5. The van der Waals surface area contributed by atoms with Crippen molar-refractivity contribution in [1.82, 2.24) is 0 Å². The topological polar surface area (TPSA) is 0 Å². The van der Waals surface area contributed by atoms with Crippen molar-refractivity contribution in [3.63, 3.8) is 0 Å². The summed E-state index contributed by atoms with van der Waals surface area (Å²) in [6, 6.07) is 9.89. The first-order valence-electron chi connectivity index (χ1n) is 12.5. The van der Waals surface area contributed by atoms with Crippen molar-refractivity contribution in [2.24, 2.45) is 17.8 Å². The highest BCUT2D eigenvalue weighted by molar-refractivity contribution is 5.29. The third kappa shape index (κ3) is 5.74. The van der Waals surface area contributed by atoms with Gasteiger partial charge in [-0.1, -0.05) is 82.7 Å². The predicted octanol–water partition coefficient (Wildman–Crippen LogP) is 9.03. The summed E-state index contributed by atoms with van der Waals surface area (Å²) in [5.74, 6) is 4.36. The Kier molecular flexibility index (Phi) is 8.68. The average Bonchev–Trinajstić information content (AvgIpc) is 2.74. The minimum atomic E-state index is 0.689. The second-order valence-corrected chi connectivity index (χ2v) is 9.87. The van der Waals surface area contributed by atoms with Crippen LogP contribution >= 0.6 is 0 Å². The van der Waals surface area contributed by atoms with Crippen molar-refractivity contribution in [2.45, 2.75) is 109 Å². The Bertz CT molecular complexity index is 552. The van der Waals surface area contributed by atoms with Gasteiger partial charge < -0.3 is 0 Å². The van der Waals surface area contributed by atoms with Gasteiger partial charge in [0.25, 0.3) is 0 Å². The second-order valence-electron chi connectivity index (χ2n) is 9.87. The zero-order chi connectivity index (χ0) is 19.8. The quantitative estimate of drug-likeness (QED) is 0.375. The third-order valence-corrected chi connectivity index (χ3v) is 7.96. The molecule has 3 rings (SSSR count). The highest BCUT2D eigenvalue weighted by Crippen LogP contribution is 2.42. The van der Waals surface area contributed by atoms with Crippen molar-refractivity contribution in [1.29, 1.82) is 0 Å². The fourth-order valence-electron chi connectivity index (χ4n) is 6.28. The predicted molar refractivity (Wildman–Crippen MR) is 124 cm³/mol. The first-order chi connectivity index (χ1) is 13.7. The van der Waals surface area contributed by atoms with Crippen LogP contribution < -0.4 is 0 Å². The molecule has 0 amide bonds. The molecule has 0 heterocycles. The van der Waals surface area contributed by atoms with Crippen LogP contribution in [0.5, 0.6) is 0 Å². The zero-order valence-corrected chi connectivity index (χ0v) is 18.7. The van der Waals surface area contributed by atoms with Gasteiger partial charge in [0.2, 0.25) is 0 Å². The van der Waals surface area contributed by atoms with Crippen LogP contribution in [-0.4, -0.2) is 0 Å². The SMILES string of the molecule is C=CCC(c1ccc([C@H]2CC[C@H](CCC)CC2)cc1)[C@H]1CC[C@H](CCC)CC1. The van der Waals surface area contributed by atoms with Crippen molar-refractivity contribution in [2.75, 3.05) is 0 Å². The molecular formula is C28H44. The van der Waals surface area contributed by atoms with Crippen LogP contribution in [0.15, 0.2) is 36.9 Å². The molecule has 2 fully saturated rings. The van der Waals surface area contributed by atoms with Gasteiger partial charge >= 0.3 is 0 Å². The molecule has 1 unspecified atom stereocenters. The lowest BCUT2D eigenvalue weighted by Crippen LogP contribution is -2.20. The molecule has 0 heteroatoms. The van der Waals surface area contributed by atoms with Gasteiger partial charge in [0, 0.05) is 0 Å². The maximum absolute atomic E-state index is 4.08. The van der Waals surface area contributed by atoms with E-state index in [0.29, 0.717) is 5.92 Å².